The summed E-state index contributed by atoms with van der Waals surface area (Å²) in [6.07, 6.45) is 0.771. The molecule has 0 aliphatic rings. The Labute approximate surface area is 168 Å². The fourth-order valence-electron chi connectivity index (χ4n) is 2.53. The predicted molar refractivity (Wildman–Crippen MR) is 110 cm³/mol. The van der Waals surface area contributed by atoms with E-state index in [9.17, 15) is 18.0 Å². The Morgan fingerprint density at radius 2 is 1.79 bits per heavy atom. The first-order valence-corrected chi connectivity index (χ1v) is 11.4. The number of benzene rings is 1. The van der Waals surface area contributed by atoms with Gasteiger partial charge in [0.25, 0.3) is 0 Å². The number of nitrogens with one attached hydrogen (secondary N) is 2. The van der Waals surface area contributed by atoms with Crippen molar-refractivity contribution in [3.05, 3.63) is 35.3 Å². The second-order valence-corrected chi connectivity index (χ2v) is 9.95. The molecule has 0 fully saturated rings. The molecular formula is C18H24N4O4S2. The molecule has 0 saturated heterocycles. The van der Waals surface area contributed by atoms with Crippen molar-refractivity contribution in [1.29, 1.82) is 0 Å². The minimum absolute atomic E-state index is 0.0461. The van der Waals surface area contributed by atoms with Crippen LogP contribution in [0.15, 0.2) is 30.3 Å². The predicted octanol–water partition coefficient (Wildman–Crippen LogP) is 2.51. The second kappa shape index (κ2) is 9.74. The van der Waals surface area contributed by atoms with Crippen LogP contribution in [0.3, 0.4) is 0 Å². The molecule has 1 aromatic heterocycles. The first-order chi connectivity index (χ1) is 13.2. The Kier molecular flexibility index (Phi) is 7.64. The molecule has 0 bridgehead atoms. The van der Waals surface area contributed by atoms with Crippen LogP contribution in [0, 0.1) is 5.92 Å². The fraction of sp³-hybridized carbons (Fsp3) is 0.444. The number of carbonyl (C=O) groups excluding carboxylic acids is 2. The zero-order valence-corrected chi connectivity index (χ0v) is 17.6. The molecule has 0 spiro atoms. The van der Waals surface area contributed by atoms with Crippen molar-refractivity contribution in [3.8, 4) is 0 Å². The molecule has 8 nitrogen and oxygen atoms in total. The lowest BCUT2D eigenvalue weighted by Gasteiger charge is -2.14. The number of carbonyl (C=O) groups is 2. The molecule has 28 heavy (non-hydrogen) atoms. The van der Waals surface area contributed by atoms with Gasteiger partial charge in [-0.15, -0.1) is 10.2 Å². The van der Waals surface area contributed by atoms with Gasteiger partial charge in [-0.1, -0.05) is 50.3 Å². The molecule has 0 aliphatic carbocycles. The van der Waals surface area contributed by atoms with Gasteiger partial charge in [0.05, 0.1) is 0 Å². The van der Waals surface area contributed by atoms with Gasteiger partial charge in [0, 0.05) is 12.1 Å². The Morgan fingerprint density at radius 3 is 2.39 bits per heavy atom. The number of hydrogen-bond acceptors (Lipinski definition) is 7. The Morgan fingerprint density at radius 1 is 1.11 bits per heavy atom. The maximum Gasteiger partial charge on any atom is 0.244 e. The van der Waals surface area contributed by atoms with Crippen molar-refractivity contribution < 1.29 is 18.0 Å². The molecule has 2 amide bonds. The molecule has 152 valence electrons. The molecular weight excluding hydrogens is 400 g/mol. The Balaban J connectivity index is 2.02. The van der Waals surface area contributed by atoms with E-state index in [0.29, 0.717) is 11.6 Å². The lowest BCUT2D eigenvalue weighted by atomic mass is 10.1. The summed E-state index contributed by atoms with van der Waals surface area (Å²) in [5.41, 5.74) is 0.492. The monoisotopic (exact) mass is 424 g/mol. The van der Waals surface area contributed by atoms with Crippen molar-refractivity contribution in [1.82, 2.24) is 10.2 Å². The van der Waals surface area contributed by atoms with E-state index < -0.39 is 32.7 Å². The molecule has 10 heteroatoms. The summed E-state index contributed by atoms with van der Waals surface area (Å²) in [5, 5.41) is 12.6. The van der Waals surface area contributed by atoms with E-state index in [-0.39, 0.29) is 11.6 Å². The van der Waals surface area contributed by atoms with Gasteiger partial charge < -0.3 is 5.32 Å². The summed E-state index contributed by atoms with van der Waals surface area (Å²) in [6, 6.07) is 8.53. The summed E-state index contributed by atoms with van der Waals surface area (Å²) in [5.74, 6) is -1.78. The number of rotatable bonds is 9. The smallest absolute Gasteiger partial charge is 0.244 e. The van der Waals surface area contributed by atoms with Crippen LogP contribution >= 0.6 is 11.3 Å². The van der Waals surface area contributed by atoms with Crippen LogP contribution in [0.1, 0.15) is 32.2 Å². The molecule has 1 heterocycles. The maximum atomic E-state index is 12.6. The third-order valence-electron chi connectivity index (χ3n) is 3.77. The summed E-state index contributed by atoms with van der Waals surface area (Å²) >= 11 is 1.22. The van der Waals surface area contributed by atoms with Gasteiger partial charge in [-0.05, 0) is 24.5 Å². The molecule has 0 saturated carbocycles. The normalized spacial score (nSPS) is 12.6. The lowest BCUT2D eigenvalue weighted by molar-refractivity contribution is -0.115. The zero-order chi connectivity index (χ0) is 20.7. The molecule has 1 aromatic carbocycles. The van der Waals surface area contributed by atoms with E-state index in [4.69, 9.17) is 0 Å². The SMILES string of the molecule is CCC(C(=O)Nc1nnc(CC(C)C)s1)S(=O)(=O)CC(=O)Nc1ccccc1. The summed E-state index contributed by atoms with van der Waals surface area (Å²) < 4.78 is 25.2. The number of nitrogens with zero attached hydrogens (tertiary/aromatic N) is 2. The molecule has 0 radical (unpaired) electrons. The van der Waals surface area contributed by atoms with Gasteiger partial charge in [0.1, 0.15) is 16.0 Å². The minimum atomic E-state index is -3.99. The third kappa shape index (κ3) is 6.38. The molecule has 2 N–H and O–H groups in total. The molecule has 1 atom stereocenters. The highest BCUT2D eigenvalue weighted by Crippen LogP contribution is 2.20. The van der Waals surface area contributed by atoms with Crippen LogP contribution in [0.2, 0.25) is 0 Å². The van der Waals surface area contributed by atoms with E-state index in [1.54, 1.807) is 37.3 Å². The molecule has 0 aliphatic heterocycles. The number of amides is 2. The Bertz CT molecular complexity index is 911. The van der Waals surface area contributed by atoms with E-state index >= 15 is 0 Å². The van der Waals surface area contributed by atoms with Crippen molar-refractivity contribution in [2.75, 3.05) is 16.4 Å². The van der Waals surface area contributed by atoms with Crippen LogP contribution in [-0.4, -0.2) is 41.4 Å². The number of para-hydroxylation sites is 1. The summed E-state index contributed by atoms with van der Waals surface area (Å²) in [7, 11) is -3.99. The van der Waals surface area contributed by atoms with Crippen molar-refractivity contribution in [2.45, 2.75) is 38.9 Å². The van der Waals surface area contributed by atoms with E-state index in [1.807, 2.05) is 13.8 Å². The molecule has 1 unspecified atom stereocenters. The van der Waals surface area contributed by atoms with Crippen molar-refractivity contribution in [3.63, 3.8) is 0 Å². The maximum absolute atomic E-state index is 12.6. The van der Waals surface area contributed by atoms with Gasteiger partial charge in [-0.25, -0.2) is 8.42 Å². The summed E-state index contributed by atoms with van der Waals surface area (Å²) in [6.45, 7) is 5.67. The van der Waals surface area contributed by atoms with Crippen molar-refractivity contribution in [2.24, 2.45) is 5.92 Å². The summed E-state index contributed by atoms with van der Waals surface area (Å²) in [4.78, 5) is 24.6. The fourth-order valence-corrected chi connectivity index (χ4v) is 5.01. The van der Waals surface area contributed by atoms with E-state index in [0.717, 1.165) is 11.4 Å². The number of aromatic nitrogens is 2. The lowest BCUT2D eigenvalue weighted by Crippen LogP contribution is -2.39. The number of sulfone groups is 1. The van der Waals surface area contributed by atoms with Crippen LogP contribution in [0.5, 0.6) is 0 Å². The average molecular weight is 425 g/mol. The van der Waals surface area contributed by atoms with Gasteiger partial charge in [-0.3, -0.25) is 14.9 Å². The van der Waals surface area contributed by atoms with E-state index in [1.165, 1.54) is 11.3 Å². The van der Waals surface area contributed by atoms with Crippen molar-refractivity contribution >= 4 is 43.8 Å². The highest BCUT2D eigenvalue weighted by atomic mass is 32.2. The quantitative estimate of drug-likeness (QED) is 0.638. The van der Waals surface area contributed by atoms with Crippen LogP contribution in [0.4, 0.5) is 10.8 Å². The van der Waals surface area contributed by atoms with Gasteiger partial charge >= 0.3 is 0 Å². The first kappa shape index (κ1) is 22.0. The van der Waals surface area contributed by atoms with Crippen LogP contribution in [-0.2, 0) is 25.8 Å². The van der Waals surface area contributed by atoms with Crippen LogP contribution in [0.25, 0.3) is 0 Å². The third-order valence-corrected chi connectivity index (χ3v) is 6.71. The average Bonchev–Trinajstić information content (AvgIpc) is 3.01. The van der Waals surface area contributed by atoms with E-state index in [2.05, 4.69) is 20.8 Å². The largest absolute Gasteiger partial charge is 0.325 e. The highest BCUT2D eigenvalue weighted by molar-refractivity contribution is 7.93. The number of hydrogen-bond donors (Lipinski definition) is 2. The van der Waals surface area contributed by atoms with Gasteiger partial charge in [0.2, 0.25) is 16.9 Å². The molecule has 2 aromatic rings. The van der Waals surface area contributed by atoms with Crippen LogP contribution < -0.4 is 10.6 Å². The highest BCUT2D eigenvalue weighted by Gasteiger charge is 2.33. The standard InChI is InChI=1S/C18H24N4O4S2/c1-4-14(17(24)20-18-22-21-16(27-18)10-12(2)3)28(25,26)11-15(23)19-13-8-6-5-7-9-13/h5-9,12,14H,4,10-11H2,1-3H3,(H,19,23)(H,20,22,24). The molecule has 2 rings (SSSR count). The first-order valence-electron chi connectivity index (χ1n) is 8.91. The second-order valence-electron chi connectivity index (χ2n) is 6.71. The minimum Gasteiger partial charge on any atom is -0.325 e. The van der Waals surface area contributed by atoms with Gasteiger partial charge in [-0.2, -0.15) is 0 Å². The zero-order valence-electron chi connectivity index (χ0n) is 16.0. The Hall–Kier alpha value is -2.33. The topological polar surface area (TPSA) is 118 Å². The van der Waals surface area contributed by atoms with Gasteiger partial charge in [0.15, 0.2) is 9.84 Å². The number of anilines is 2.